The molecule has 0 saturated carbocycles. The van der Waals surface area contributed by atoms with E-state index in [0.717, 1.165) is 16.7 Å². The number of hydrogen-bond acceptors (Lipinski definition) is 3. The molecule has 130 valence electrons. The molecule has 3 aromatic rings. The highest BCUT2D eigenvalue weighted by atomic mass is 16.5. The Kier molecular flexibility index (Phi) is 5.28. The number of carbonyl (C=O) groups excluding carboxylic acids is 2. The van der Waals surface area contributed by atoms with Crippen molar-refractivity contribution in [2.45, 2.75) is 20.5 Å². The molecule has 0 saturated heterocycles. The molecule has 3 aromatic carbocycles. The first kappa shape index (κ1) is 17.6. The summed E-state index contributed by atoms with van der Waals surface area (Å²) in [4.78, 5) is 25.4. The largest absolute Gasteiger partial charge is 0.457 e. The Labute approximate surface area is 153 Å². The maximum Gasteiger partial charge on any atom is 0.339 e. The van der Waals surface area contributed by atoms with Crippen molar-refractivity contribution in [3.05, 3.63) is 106 Å². The highest BCUT2D eigenvalue weighted by molar-refractivity contribution is 6.14. The molecular formula is C23H20O3. The maximum absolute atomic E-state index is 12.8. The van der Waals surface area contributed by atoms with Gasteiger partial charge in [-0.1, -0.05) is 72.3 Å². The fourth-order valence-electron chi connectivity index (χ4n) is 2.71. The molecule has 0 aliphatic rings. The van der Waals surface area contributed by atoms with Crippen LogP contribution in [-0.4, -0.2) is 11.8 Å². The third kappa shape index (κ3) is 3.89. The van der Waals surface area contributed by atoms with Crippen LogP contribution in [-0.2, 0) is 11.3 Å². The van der Waals surface area contributed by atoms with E-state index in [-0.39, 0.29) is 18.0 Å². The Hall–Kier alpha value is -3.20. The zero-order valence-corrected chi connectivity index (χ0v) is 14.9. The lowest BCUT2D eigenvalue weighted by Crippen LogP contribution is -2.13. The Morgan fingerprint density at radius 3 is 2.08 bits per heavy atom. The fraction of sp³-hybridized carbons (Fsp3) is 0.130. The average molecular weight is 344 g/mol. The lowest BCUT2D eigenvalue weighted by atomic mass is 9.98. The van der Waals surface area contributed by atoms with Crippen molar-refractivity contribution in [2.24, 2.45) is 0 Å². The van der Waals surface area contributed by atoms with Crippen LogP contribution in [0, 0.1) is 13.8 Å². The number of benzene rings is 3. The first-order valence-corrected chi connectivity index (χ1v) is 8.48. The first-order valence-electron chi connectivity index (χ1n) is 8.48. The summed E-state index contributed by atoms with van der Waals surface area (Å²) >= 11 is 0. The number of aryl methyl sites for hydroxylation is 2. The molecule has 0 heterocycles. The summed E-state index contributed by atoms with van der Waals surface area (Å²) in [5.41, 5.74) is 4.27. The molecule has 0 atom stereocenters. The molecule has 0 unspecified atom stereocenters. The normalized spacial score (nSPS) is 10.4. The number of rotatable bonds is 5. The standard InChI is InChI=1S/C23H20O3/c1-16-11-13-18(14-12-16)22(24)20-9-5-6-10-21(20)23(25)26-15-19-8-4-3-7-17(19)2/h3-14H,15H2,1-2H3. The van der Waals surface area contributed by atoms with Crippen molar-refractivity contribution in [2.75, 3.05) is 0 Å². The minimum Gasteiger partial charge on any atom is -0.457 e. The van der Waals surface area contributed by atoms with E-state index in [9.17, 15) is 9.59 Å². The molecule has 0 fully saturated rings. The van der Waals surface area contributed by atoms with Gasteiger partial charge >= 0.3 is 5.97 Å². The van der Waals surface area contributed by atoms with Crippen LogP contribution in [0.4, 0.5) is 0 Å². The van der Waals surface area contributed by atoms with E-state index >= 15 is 0 Å². The summed E-state index contributed by atoms with van der Waals surface area (Å²) in [6.07, 6.45) is 0. The second-order valence-electron chi connectivity index (χ2n) is 6.24. The summed E-state index contributed by atoms with van der Waals surface area (Å²) in [5.74, 6) is -0.683. The Balaban J connectivity index is 1.82. The zero-order valence-electron chi connectivity index (χ0n) is 14.9. The van der Waals surface area contributed by atoms with E-state index in [1.807, 2.05) is 50.2 Å². The van der Waals surface area contributed by atoms with E-state index < -0.39 is 5.97 Å². The van der Waals surface area contributed by atoms with Gasteiger partial charge in [0.25, 0.3) is 0 Å². The number of ether oxygens (including phenoxy) is 1. The van der Waals surface area contributed by atoms with Crippen LogP contribution >= 0.6 is 0 Å². The van der Waals surface area contributed by atoms with Crippen molar-refractivity contribution < 1.29 is 14.3 Å². The van der Waals surface area contributed by atoms with Crippen LogP contribution in [0.25, 0.3) is 0 Å². The predicted octanol–water partition coefficient (Wildman–Crippen LogP) is 4.89. The van der Waals surface area contributed by atoms with Gasteiger partial charge in [0.05, 0.1) is 5.56 Å². The van der Waals surface area contributed by atoms with Gasteiger partial charge in [-0.2, -0.15) is 0 Å². The molecule has 0 aliphatic carbocycles. The molecule has 0 spiro atoms. The van der Waals surface area contributed by atoms with E-state index in [4.69, 9.17) is 4.74 Å². The topological polar surface area (TPSA) is 43.4 Å². The van der Waals surface area contributed by atoms with Gasteiger partial charge in [0.15, 0.2) is 5.78 Å². The lowest BCUT2D eigenvalue weighted by molar-refractivity contribution is 0.0469. The van der Waals surface area contributed by atoms with Crippen LogP contribution in [0.1, 0.15) is 43.0 Å². The second kappa shape index (κ2) is 7.79. The minimum absolute atomic E-state index is 0.179. The third-order valence-corrected chi connectivity index (χ3v) is 4.33. The van der Waals surface area contributed by atoms with Crippen molar-refractivity contribution in [3.8, 4) is 0 Å². The molecule has 0 aromatic heterocycles. The van der Waals surface area contributed by atoms with Gasteiger partial charge in [-0.05, 0) is 31.0 Å². The van der Waals surface area contributed by atoms with Crippen LogP contribution < -0.4 is 0 Å². The molecule has 3 nitrogen and oxygen atoms in total. The molecule has 3 heteroatoms. The number of esters is 1. The molecule has 26 heavy (non-hydrogen) atoms. The number of carbonyl (C=O) groups is 2. The molecule has 0 N–H and O–H groups in total. The molecule has 0 amide bonds. The van der Waals surface area contributed by atoms with Crippen molar-refractivity contribution in [3.63, 3.8) is 0 Å². The molecular weight excluding hydrogens is 324 g/mol. The first-order chi connectivity index (χ1) is 12.6. The van der Waals surface area contributed by atoms with Crippen molar-refractivity contribution >= 4 is 11.8 Å². The van der Waals surface area contributed by atoms with Gasteiger partial charge in [-0.3, -0.25) is 4.79 Å². The number of ketones is 1. The van der Waals surface area contributed by atoms with E-state index in [1.54, 1.807) is 36.4 Å². The summed E-state index contributed by atoms with van der Waals surface area (Å²) in [6, 6.07) is 21.8. The van der Waals surface area contributed by atoms with Gasteiger partial charge in [0, 0.05) is 11.1 Å². The lowest BCUT2D eigenvalue weighted by Gasteiger charge is -2.10. The second-order valence-corrected chi connectivity index (χ2v) is 6.24. The SMILES string of the molecule is Cc1ccc(C(=O)c2ccccc2C(=O)OCc2ccccc2C)cc1. The fourth-order valence-corrected chi connectivity index (χ4v) is 2.71. The van der Waals surface area contributed by atoms with Crippen molar-refractivity contribution in [1.29, 1.82) is 0 Å². The summed E-state index contributed by atoms with van der Waals surface area (Å²) in [5, 5.41) is 0. The zero-order chi connectivity index (χ0) is 18.5. The summed E-state index contributed by atoms with van der Waals surface area (Å²) < 4.78 is 5.45. The Bertz CT molecular complexity index is 940. The van der Waals surface area contributed by atoms with Gasteiger partial charge < -0.3 is 4.74 Å². The maximum atomic E-state index is 12.8. The highest BCUT2D eigenvalue weighted by Crippen LogP contribution is 2.17. The van der Waals surface area contributed by atoms with Gasteiger partial charge in [-0.15, -0.1) is 0 Å². The molecule has 0 radical (unpaired) electrons. The third-order valence-electron chi connectivity index (χ3n) is 4.33. The van der Waals surface area contributed by atoms with Gasteiger partial charge in [0.1, 0.15) is 6.61 Å². The highest BCUT2D eigenvalue weighted by Gasteiger charge is 2.19. The Morgan fingerprint density at radius 1 is 0.769 bits per heavy atom. The minimum atomic E-state index is -0.496. The quantitative estimate of drug-likeness (QED) is 0.489. The monoisotopic (exact) mass is 344 g/mol. The van der Waals surface area contributed by atoms with Gasteiger partial charge in [-0.25, -0.2) is 4.79 Å². The molecule has 0 aliphatic heterocycles. The van der Waals surface area contributed by atoms with E-state index in [1.165, 1.54) is 0 Å². The predicted molar refractivity (Wildman–Crippen MR) is 101 cm³/mol. The van der Waals surface area contributed by atoms with Crippen LogP contribution in [0.3, 0.4) is 0 Å². The van der Waals surface area contributed by atoms with Crippen molar-refractivity contribution in [1.82, 2.24) is 0 Å². The average Bonchev–Trinajstić information content (AvgIpc) is 2.67. The summed E-state index contributed by atoms with van der Waals surface area (Å²) in [6.45, 7) is 4.11. The van der Waals surface area contributed by atoms with Crippen LogP contribution in [0.2, 0.25) is 0 Å². The molecule has 3 rings (SSSR count). The van der Waals surface area contributed by atoms with E-state index in [2.05, 4.69) is 0 Å². The van der Waals surface area contributed by atoms with E-state index in [0.29, 0.717) is 11.1 Å². The number of hydrogen-bond donors (Lipinski definition) is 0. The smallest absolute Gasteiger partial charge is 0.339 e. The summed E-state index contributed by atoms with van der Waals surface area (Å²) in [7, 11) is 0. The van der Waals surface area contributed by atoms with Gasteiger partial charge in [0.2, 0.25) is 0 Å². The Morgan fingerprint density at radius 2 is 1.38 bits per heavy atom. The van der Waals surface area contributed by atoms with Crippen LogP contribution in [0.15, 0.2) is 72.8 Å². The molecule has 0 bridgehead atoms. The van der Waals surface area contributed by atoms with Crippen LogP contribution in [0.5, 0.6) is 0 Å².